The van der Waals surface area contributed by atoms with Gasteiger partial charge >= 0.3 is 5.97 Å². The lowest BCUT2D eigenvalue weighted by molar-refractivity contribution is -0.149. The first-order valence-electron chi connectivity index (χ1n) is 5.47. The highest BCUT2D eigenvalue weighted by Gasteiger charge is 2.07. The number of esters is 1. The Morgan fingerprint density at radius 1 is 1.21 bits per heavy atom. The minimum atomic E-state index is -0.101. The Morgan fingerprint density at radius 2 is 1.93 bits per heavy atom. The average Bonchev–Trinajstić information content (AvgIpc) is 2.13. The van der Waals surface area contributed by atoms with E-state index in [0.29, 0.717) is 13.0 Å². The van der Waals surface area contributed by atoms with E-state index in [9.17, 15) is 4.79 Å². The zero-order valence-corrected chi connectivity index (χ0v) is 9.54. The number of carbonyl (C=O) groups excluding carboxylic acids is 1. The number of carbonyl (C=O) groups is 1. The molecule has 0 fully saturated rings. The Hall–Kier alpha value is -0.570. The van der Waals surface area contributed by atoms with Crippen molar-refractivity contribution in [2.75, 3.05) is 13.2 Å². The molecule has 0 heterocycles. The van der Waals surface area contributed by atoms with Gasteiger partial charge in [-0.3, -0.25) is 4.79 Å². The molecule has 3 heteroatoms. The maximum atomic E-state index is 11.1. The molecule has 84 valence electrons. The van der Waals surface area contributed by atoms with E-state index in [1.165, 1.54) is 0 Å². The second kappa shape index (κ2) is 9.00. The molecule has 0 aliphatic rings. The van der Waals surface area contributed by atoms with Crippen molar-refractivity contribution < 1.29 is 14.3 Å². The first-order valence-corrected chi connectivity index (χ1v) is 5.47. The molecule has 0 spiro atoms. The smallest absolute Gasteiger partial charge is 0.306 e. The van der Waals surface area contributed by atoms with Gasteiger partial charge in [-0.2, -0.15) is 0 Å². The van der Waals surface area contributed by atoms with Gasteiger partial charge in [-0.25, -0.2) is 0 Å². The van der Waals surface area contributed by atoms with Crippen molar-refractivity contribution in [2.24, 2.45) is 0 Å². The number of hydrogen-bond donors (Lipinski definition) is 0. The van der Waals surface area contributed by atoms with Crippen molar-refractivity contribution in [3.63, 3.8) is 0 Å². The van der Waals surface area contributed by atoms with Crippen LogP contribution in [-0.4, -0.2) is 25.3 Å². The summed E-state index contributed by atoms with van der Waals surface area (Å²) in [5.74, 6) is -0.101. The molecule has 0 rings (SSSR count). The second-order valence-corrected chi connectivity index (χ2v) is 3.45. The SMILES string of the molecule is CCCOCCC(C)OC(=O)CCC. The van der Waals surface area contributed by atoms with Gasteiger partial charge in [-0.15, -0.1) is 0 Å². The zero-order valence-electron chi connectivity index (χ0n) is 9.54. The van der Waals surface area contributed by atoms with Crippen LogP contribution in [0.5, 0.6) is 0 Å². The van der Waals surface area contributed by atoms with Gasteiger partial charge in [0.15, 0.2) is 0 Å². The van der Waals surface area contributed by atoms with Crippen molar-refractivity contribution in [1.82, 2.24) is 0 Å². The summed E-state index contributed by atoms with van der Waals surface area (Å²) in [4.78, 5) is 11.1. The van der Waals surface area contributed by atoms with Gasteiger partial charge in [0, 0.05) is 19.4 Å². The lowest BCUT2D eigenvalue weighted by atomic mass is 10.3. The standard InChI is InChI=1S/C11H22O3/c1-4-6-11(12)14-10(3)7-9-13-8-5-2/h10H,4-9H2,1-3H3. The Balaban J connectivity index is 3.35. The van der Waals surface area contributed by atoms with E-state index in [-0.39, 0.29) is 12.1 Å². The highest BCUT2D eigenvalue weighted by molar-refractivity contribution is 5.69. The highest BCUT2D eigenvalue weighted by atomic mass is 16.5. The van der Waals surface area contributed by atoms with Crippen molar-refractivity contribution in [3.05, 3.63) is 0 Å². The fourth-order valence-electron chi connectivity index (χ4n) is 1.04. The average molecular weight is 202 g/mol. The van der Waals surface area contributed by atoms with Crippen LogP contribution in [0, 0.1) is 0 Å². The van der Waals surface area contributed by atoms with Gasteiger partial charge in [0.05, 0.1) is 6.61 Å². The monoisotopic (exact) mass is 202 g/mol. The largest absolute Gasteiger partial charge is 0.463 e. The Morgan fingerprint density at radius 3 is 2.50 bits per heavy atom. The molecule has 0 aromatic carbocycles. The molecule has 3 nitrogen and oxygen atoms in total. The molecule has 0 aromatic heterocycles. The van der Waals surface area contributed by atoms with Gasteiger partial charge in [-0.05, 0) is 19.8 Å². The predicted molar refractivity (Wildman–Crippen MR) is 56.2 cm³/mol. The number of rotatable bonds is 8. The van der Waals surface area contributed by atoms with Crippen LogP contribution in [0.25, 0.3) is 0 Å². The Labute approximate surface area is 86.8 Å². The summed E-state index contributed by atoms with van der Waals surface area (Å²) < 4.78 is 10.5. The summed E-state index contributed by atoms with van der Waals surface area (Å²) in [6.45, 7) is 7.41. The van der Waals surface area contributed by atoms with E-state index < -0.39 is 0 Å². The predicted octanol–water partition coefficient (Wildman–Crippen LogP) is 2.53. The molecule has 0 radical (unpaired) electrons. The minimum absolute atomic E-state index is 0.0223. The van der Waals surface area contributed by atoms with Crippen molar-refractivity contribution >= 4 is 5.97 Å². The topological polar surface area (TPSA) is 35.5 Å². The summed E-state index contributed by atoms with van der Waals surface area (Å²) in [6, 6.07) is 0. The van der Waals surface area contributed by atoms with Crippen LogP contribution < -0.4 is 0 Å². The Bertz CT molecular complexity index is 145. The first kappa shape index (κ1) is 13.4. The summed E-state index contributed by atoms with van der Waals surface area (Å²) in [7, 11) is 0. The summed E-state index contributed by atoms with van der Waals surface area (Å²) in [6.07, 6.45) is 3.16. The molecule has 1 atom stereocenters. The van der Waals surface area contributed by atoms with Gasteiger partial charge in [0.1, 0.15) is 6.10 Å². The number of hydrogen-bond acceptors (Lipinski definition) is 3. The maximum Gasteiger partial charge on any atom is 0.306 e. The molecule has 0 aliphatic carbocycles. The van der Waals surface area contributed by atoms with E-state index >= 15 is 0 Å². The first-order chi connectivity index (χ1) is 6.70. The Kier molecular flexibility index (Phi) is 8.64. The molecule has 0 aliphatic heterocycles. The molecule has 0 aromatic rings. The summed E-state index contributed by atoms with van der Waals surface area (Å²) in [5, 5.41) is 0. The van der Waals surface area contributed by atoms with Crippen molar-refractivity contribution in [2.45, 2.75) is 52.6 Å². The van der Waals surface area contributed by atoms with E-state index in [0.717, 1.165) is 25.9 Å². The van der Waals surface area contributed by atoms with Gasteiger partial charge in [-0.1, -0.05) is 13.8 Å². The van der Waals surface area contributed by atoms with E-state index in [2.05, 4.69) is 6.92 Å². The van der Waals surface area contributed by atoms with Gasteiger partial charge in [0.2, 0.25) is 0 Å². The summed E-state index contributed by atoms with van der Waals surface area (Å²) >= 11 is 0. The third-order valence-corrected chi connectivity index (χ3v) is 1.80. The van der Waals surface area contributed by atoms with Crippen molar-refractivity contribution in [3.8, 4) is 0 Å². The van der Waals surface area contributed by atoms with E-state index in [1.54, 1.807) is 0 Å². The molecule has 1 unspecified atom stereocenters. The van der Waals surface area contributed by atoms with Gasteiger partial charge in [0.25, 0.3) is 0 Å². The fourth-order valence-corrected chi connectivity index (χ4v) is 1.04. The third kappa shape index (κ3) is 8.05. The van der Waals surface area contributed by atoms with Crippen LogP contribution in [0.4, 0.5) is 0 Å². The zero-order chi connectivity index (χ0) is 10.8. The lowest BCUT2D eigenvalue weighted by Crippen LogP contribution is -2.16. The van der Waals surface area contributed by atoms with Crippen LogP contribution in [0.2, 0.25) is 0 Å². The minimum Gasteiger partial charge on any atom is -0.463 e. The lowest BCUT2D eigenvalue weighted by Gasteiger charge is -2.12. The molecular formula is C11H22O3. The third-order valence-electron chi connectivity index (χ3n) is 1.80. The molecule has 0 bridgehead atoms. The van der Waals surface area contributed by atoms with Crippen LogP contribution in [0.15, 0.2) is 0 Å². The molecule has 0 saturated heterocycles. The van der Waals surface area contributed by atoms with E-state index in [1.807, 2.05) is 13.8 Å². The number of ether oxygens (including phenoxy) is 2. The normalized spacial score (nSPS) is 12.5. The fraction of sp³-hybridized carbons (Fsp3) is 0.909. The van der Waals surface area contributed by atoms with E-state index in [4.69, 9.17) is 9.47 Å². The second-order valence-electron chi connectivity index (χ2n) is 3.45. The quantitative estimate of drug-likeness (QED) is 0.448. The molecule has 14 heavy (non-hydrogen) atoms. The maximum absolute atomic E-state index is 11.1. The van der Waals surface area contributed by atoms with Crippen LogP contribution in [0.3, 0.4) is 0 Å². The van der Waals surface area contributed by atoms with Crippen molar-refractivity contribution in [1.29, 1.82) is 0 Å². The molecular weight excluding hydrogens is 180 g/mol. The molecule has 0 N–H and O–H groups in total. The highest BCUT2D eigenvalue weighted by Crippen LogP contribution is 2.01. The molecule has 0 saturated carbocycles. The van der Waals surface area contributed by atoms with Gasteiger partial charge < -0.3 is 9.47 Å². The van der Waals surface area contributed by atoms with Crippen LogP contribution >= 0.6 is 0 Å². The van der Waals surface area contributed by atoms with Crippen LogP contribution in [-0.2, 0) is 14.3 Å². The van der Waals surface area contributed by atoms with Crippen LogP contribution in [0.1, 0.15) is 46.5 Å². The summed E-state index contributed by atoms with van der Waals surface area (Å²) in [5.41, 5.74) is 0. The molecule has 0 amide bonds.